The summed E-state index contributed by atoms with van der Waals surface area (Å²) < 4.78 is 4.89. The molecule has 0 bridgehead atoms. The van der Waals surface area contributed by atoms with Crippen molar-refractivity contribution < 1.29 is 14.3 Å². The molecule has 0 unspecified atom stereocenters. The van der Waals surface area contributed by atoms with E-state index in [9.17, 15) is 14.4 Å². The van der Waals surface area contributed by atoms with Gasteiger partial charge in [0.2, 0.25) is 0 Å². The number of para-hydroxylation sites is 1. The standard InChI is InChI=1S/C15H17N3O4/c1-2-9-22-12(19)7-8-16-15(21)13-17-11-6-4-3-5-10(11)14(20)18-13/h3-6H,2,7-9H2,1H3,(H,16,21)(H,17,18,20). The average Bonchev–Trinajstić information content (AvgIpc) is 2.52. The highest BCUT2D eigenvalue weighted by Gasteiger charge is 2.11. The van der Waals surface area contributed by atoms with Crippen molar-refractivity contribution in [2.24, 2.45) is 0 Å². The summed E-state index contributed by atoms with van der Waals surface area (Å²) in [6.45, 7) is 2.39. The number of carbonyl (C=O) groups excluding carboxylic acids is 2. The lowest BCUT2D eigenvalue weighted by atomic mass is 10.2. The molecule has 2 N–H and O–H groups in total. The number of H-pyrrole nitrogens is 1. The van der Waals surface area contributed by atoms with E-state index in [0.717, 1.165) is 6.42 Å². The van der Waals surface area contributed by atoms with Gasteiger partial charge in [0.1, 0.15) is 0 Å². The van der Waals surface area contributed by atoms with Crippen molar-refractivity contribution in [3.8, 4) is 0 Å². The molecule has 2 aromatic rings. The predicted octanol–water partition coefficient (Wildman–Crippen LogP) is 0.996. The number of esters is 1. The topological polar surface area (TPSA) is 101 Å². The molecule has 0 aliphatic carbocycles. The van der Waals surface area contributed by atoms with Crippen LogP contribution >= 0.6 is 0 Å². The molecule has 1 amide bonds. The molecule has 7 heteroatoms. The third-order valence-corrected chi connectivity index (χ3v) is 2.91. The first kappa shape index (κ1) is 15.7. The minimum atomic E-state index is -0.536. The van der Waals surface area contributed by atoms with Crippen LogP contribution in [0, 0.1) is 0 Å². The minimum absolute atomic E-state index is 0.0730. The Kier molecular flexibility index (Phi) is 5.24. The van der Waals surface area contributed by atoms with Gasteiger partial charge in [-0.3, -0.25) is 14.4 Å². The van der Waals surface area contributed by atoms with Gasteiger partial charge in [-0.25, -0.2) is 4.98 Å². The molecule has 0 atom stereocenters. The molecule has 22 heavy (non-hydrogen) atoms. The summed E-state index contributed by atoms with van der Waals surface area (Å²) >= 11 is 0. The van der Waals surface area contributed by atoms with Gasteiger partial charge in [-0.15, -0.1) is 0 Å². The minimum Gasteiger partial charge on any atom is -0.466 e. The normalized spacial score (nSPS) is 10.4. The van der Waals surface area contributed by atoms with Crippen molar-refractivity contribution in [1.82, 2.24) is 15.3 Å². The van der Waals surface area contributed by atoms with Gasteiger partial charge in [0.25, 0.3) is 11.5 Å². The van der Waals surface area contributed by atoms with Crippen LogP contribution in [0.2, 0.25) is 0 Å². The molecule has 0 aliphatic rings. The molecule has 0 saturated heterocycles. The van der Waals surface area contributed by atoms with Crippen molar-refractivity contribution in [3.05, 3.63) is 40.4 Å². The van der Waals surface area contributed by atoms with Crippen molar-refractivity contribution in [2.45, 2.75) is 19.8 Å². The Morgan fingerprint density at radius 3 is 2.86 bits per heavy atom. The third-order valence-electron chi connectivity index (χ3n) is 2.91. The van der Waals surface area contributed by atoms with E-state index in [1.54, 1.807) is 24.3 Å². The first-order valence-electron chi connectivity index (χ1n) is 7.04. The molecular formula is C15H17N3O4. The smallest absolute Gasteiger partial charge is 0.307 e. The highest BCUT2D eigenvalue weighted by Crippen LogP contribution is 2.05. The number of aromatic nitrogens is 2. The van der Waals surface area contributed by atoms with Crippen molar-refractivity contribution >= 4 is 22.8 Å². The van der Waals surface area contributed by atoms with Crippen LogP contribution in [0.25, 0.3) is 10.9 Å². The number of carbonyl (C=O) groups is 2. The Labute approximate surface area is 126 Å². The summed E-state index contributed by atoms with van der Waals surface area (Å²) in [4.78, 5) is 41.6. The first-order chi connectivity index (χ1) is 10.6. The lowest BCUT2D eigenvalue weighted by Gasteiger charge is -2.06. The van der Waals surface area contributed by atoms with Crippen LogP contribution in [0.5, 0.6) is 0 Å². The Balaban J connectivity index is 1.98. The summed E-state index contributed by atoms with van der Waals surface area (Å²) in [5, 5.41) is 2.94. The molecule has 0 radical (unpaired) electrons. The summed E-state index contributed by atoms with van der Waals surface area (Å²) in [5.74, 6) is -0.987. The summed E-state index contributed by atoms with van der Waals surface area (Å²) in [6, 6.07) is 6.75. The maximum atomic E-state index is 11.9. The van der Waals surface area contributed by atoms with Crippen molar-refractivity contribution in [1.29, 1.82) is 0 Å². The largest absolute Gasteiger partial charge is 0.466 e. The number of hydrogen-bond acceptors (Lipinski definition) is 5. The lowest BCUT2D eigenvalue weighted by Crippen LogP contribution is -2.30. The number of fused-ring (bicyclic) bond motifs is 1. The van der Waals surface area contributed by atoms with Gasteiger partial charge in [-0.1, -0.05) is 19.1 Å². The van der Waals surface area contributed by atoms with E-state index in [1.807, 2.05) is 6.92 Å². The number of benzene rings is 1. The van der Waals surface area contributed by atoms with Crippen LogP contribution in [-0.2, 0) is 9.53 Å². The first-order valence-corrected chi connectivity index (χ1v) is 7.04. The molecular weight excluding hydrogens is 286 g/mol. The quantitative estimate of drug-likeness (QED) is 0.775. The Bertz CT molecular complexity index is 739. The maximum Gasteiger partial charge on any atom is 0.307 e. The van der Waals surface area contributed by atoms with E-state index in [2.05, 4.69) is 15.3 Å². The summed E-state index contributed by atoms with van der Waals surface area (Å²) in [5.41, 5.74) is 0.0665. The number of nitrogens with zero attached hydrogens (tertiary/aromatic N) is 1. The van der Waals surface area contributed by atoms with Gasteiger partial charge in [0.05, 0.1) is 23.9 Å². The average molecular weight is 303 g/mol. The van der Waals surface area contributed by atoms with E-state index >= 15 is 0 Å². The van der Waals surface area contributed by atoms with E-state index in [1.165, 1.54) is 0 Å². The molecule has 1 aromatic heterocycles. The zero-order valence-corrected chi connectivity index (χ0v) is 12.2. The van der Waals surface area contributed by atoms with Crippen molar-refractivity contribution in [2.75, 3.05) is 13.2 Å². The van der Waals surface area contributed by atoms with Crippen molar-refractivity contribution in [3.63, 3.8) is 0 Å². The lowest BCUT2D eigenvalue weighted by molar-refractivity contribution is -0.143. The van der Waals surface area contributed by atoms with Gasteiger partial charge < -0.3 is 15.0 Å². The number of rotatable bonds is 6. The van der Waals surface area contributed by atoms with E-state index in [4.69, 9.17) is 4.74 Å². The zero-order valence-electron chi connectivity index (χ0n) is 12.2. The zero-order chi connectivity index (χ0) is 15.9. The van der Waals surface area contributed by atoms with Crippen LogP contribution < -0.4 is 10.9 Å². The van der Waals surface area contributed by atoms with Crippen LogP contribution in [0.15, 0.2) is 29.1 Å². The summed E-state index contributed by atoms with van der Waals surface area (Å²) in [7, 11) is 0. The molecule has 7 nitrogen and oxygen atoms in total. The second-order valence-corrected chi connectivity index (χ2v) is 4.66. The molecule has 0 aliphatic heterocycles. The fourth-order valence-electron chi connectivity index (χ4n) is 1.84. The molecule has 116 valence electrons. The van der Waals surface area contributed by atoms with Gasteiger partial charge in [0, 0.05) is 6.54 Å². The Morgan fingerprint density at radius 1 is 1.32 bits per heavy atom. The molecule has 1 aromatic carbocycles. The summed E-state index contributed by atoms with van der Waals surface area (Å²) in [6.07, 6.45) is 0.823. The van der Waals surface area contributed by atoms with E-state index in [0.29, 0.717) is 17.5 Å². The Hall–Kier alpha value is -2.70. The van der Waals surface area contributed by atoms with Gasteiger partial charge in [0.15, 0.2) is 5.82 Å². The second kappa shape index (κ2) is 7.35. The monoisotopic (exact) mass is 303 g/mol. The SMILES string of the molecule is CCCOC(=O)CCNC(=O)c1nc2ccccc2c(=O)[nH]1. The number of amides is 1. The number of nitrogens with one attached hydrogen (secondary N) is 2. The van der Waals surface area contributed by atoms with Crippen LogP contribution in [0.4, 0.5) is 0 Å². The second-order valence-electron chi connectivity index (χ2n) is 4.66. The van der Waals surface area contributed by atoms with Crippen LogP contribution in [0.3, 0.4) is 0 Å². The molecule has 1 heterocycles. The van der Waals surface area contributed by atoms with Gasteiger partial charge in [-0.2, -0.15) is 0 Å². The van der Waals surface area contributed by atoms with Gasteiger partial charge in [-0.05, 0) is 18.6 Å². The fraction of sp³-hybridized carbons (Fsp3) is 0.333. The third kappa shape index (κ3) is 3.91. The predicted molar refractivity (Wildman–Crippen MR) is 80.6 cm³/mol. The highest BCUT2D eigenvalue weighted by molar-refractivity contribution is 5.92. The van der Waals surface area contributed by atoms with E-state index < -0.39 is 5.91 Å². The molecule has 0 saturated carbocycles. The highest BCUT2D eigenvalue weighted by atomic mass is 16.5. The van der Waals surface area contributed by atoms with Crippen LogP contribution in [0.1, 0.15) is 30.4 Å². The molecule has 0 spiro atoms. The number of ether oxygens (including phenoxy) is 1. The van der Waals surface area contributed by atoms with Gasteiger partial charge >= 0.3 is 5.97 Å². The molecule has 0 fully saturated rings. The maximum absolute atomic E-state index is 11.9. The number of hydrogen-bond donors (Lipinski definition) is 2. The Morgan fingerprint density at radius 2 is 2.09 bits per heavy atom. The number of aromatic amines is 1. The van der Waals surface area contributed by atoms with E-state index in [-0.39, 0.29) is 30.3 Å². The molecule has 2 rings (SSSR count). The fourth-order valence-corrected chi connectivity index (χ4v) is 1.84. The van der Waals surface area contributed by atoms with Crippen LogP contribution in [-0.4, -0.2) is 35.0 Å².